The molecule has 0 atom stereocenters. The van der Waals surface area contributed by atoms with E-state index in [0.717, 1.165) is 17.7 Å². The highest BCUT2D eigenvalue weighted by molar-refractivity contribution is 5.28. The Hall–Kier alpha value is -2.02. The highest BCUT2D eigenvalue weighted by Crippen LogP contribution is 2.29. The van der Waals surface area contributed by atoms with Gasteiger partial charge in [0.1, 0.15) is 0 Å². The Labute approximate surface area is 114 Å². The molecule has 2 N–H and O–H groups in total. The number of alkyl halides is 3. The van der Waals surface area contributed by atoms with Crippen molar-refractivity contribution in [3.63, 3.8) is 0 Å². The lowest BCUT2D eigenvalue weighted by Crippen LogP contribution is -2.07. The summed E-state index contributed by atoms with van der Waals surface area (Å²) in [5, 5.41) is 4.11. The average Bonchev–Trinajstić information content (AvgIpc) is 2.80. The zero-order valence-corrected chi connectivity index (χ0v) is 10.8. The molecule has 2 aromatic rings. The van der Waals surface area contributed by atoms with E-state index in [9.17, 15) is 13.2 Å². The summed E-state index contributed by atoms with van der Waals surface area (Å²) < 4.78 is 44.1. The monoisotopic (exact) mass is 285 g/mol. The number of nitrogens with zero attached hydrogens (tertiary/aromatic N) is 2. The molecule has 20 heavy (non-hydrogen) atoms. The number of methoxy groups -OCH3 is 1. The van der Waals surface area contributed by atoms with Gasteiger partial charge in [0.05, 0.1) is 25.4 Å². The van der Waals surface area contributed by atoms with Crippen LogP contribution in [0.4, 0.5) is 13.2 Å². The van der Waals surface area contributed by atoms with Crippen molar-refractivity contribution >= 4 is 0 Å². The first-order valence-electron chi connectivity index (χ1n) is 5.90. The molecule has 0 aliphatic carbocycles. The number of benzene rings is 1. The third-order valence-electron chi connectivity index (χ3n) is 2.89. The van der Waals surface area contributed by atoms with E-state index in [0.29, 0.717) is 18.0 Å². The van der Waals surface area contributed by atoms with Crippen LogP contribution in [0.15, 0.2) is 30.5 Å². The molecule has 0 unspecified atom stereocenters. The Balaban J connectivity index is 2.20. The Kier molecular flexibility index (Phi) is 3.99. The fraction of sp³-hybridized carbons (Fsp3) is 0.308. The van der Waals surface area contributed by atoms with Gasteiger partial charge in [0.2, 0.25) is 5.88 Å². The molecule has 2 rings (SSSR count). The van der Waals surface area contributed by atoms with Crippen LogP contribution >= 0.6 is 0 Å². The number of halogens is 3. The van der Waals surface area contributed by atoms with Gasteiger partial charge in [-0.25, -0.2) is 4.68 Å². The molecule has 0 radical (unpaired) electrons. The molecule has 0 amide bonds. The second-order valence-corrected chi connectivity index (χ2v) is 4.24. The topological polar surface area (TPSA) is 53.1 Å². The van der Waals surface area contributed by atoms with Crippen LogP contribution in [0.1, 0.15) is 16.7 Å². The van der Waals surface area contributed by atoms with Crippen LogP contribution in [0, 0.1) is 0 Å². The Morgan fingerprint density at radius 1 is 1.25 bits per heavy atom. The molecule has 4 nitrogen and oxygen atoms in total. The van der Waals surface area contributed by atoms with Gasteiger partial charge >= 0.3 is 6.18 Å². The van der Waals surface area contributed by atoms with E-state index in [-0.39, 0.29) is 6.54 Å². The van der Waals surface area contributed by atoms with Gasteiger partial charge in [0.15, 0.2) is 0 Å². The van der Waals surface area contributed by atoms with Gasteiger partial charge < -0.3 is 10.5 Å². The Morgan fingerprint density at radius 2 is 1.90 bits per heavy atom. The van der Waals surface area contributed by atoms with Crippen molar-refractivity contribution in [1.29, 1.82) is 0 Å². The SMILES string of the molecule is COc1c(CN)cnn1Cc1ccc(C(F)(F)F)cc1. The van der Waals surface area contributed by atoms with E-state index in [1.165, 1.54) is 19.2 Å². The van der Waals surface area contributed by atoms with Gasteiger partial charge in [0.25, 0.3) is 0 Å². The summed E-state index contributed by atoms with van der Waals surface area (Å²) in [4.78, 5) is 0. The largest absolute Gasteiger partial charge is 0.481 e. The van der Waals surface area contributed by atoms with E-state index in [1.54, 1.807) is 10.9 Å². The molecule has 1 aromatic heterocycles. The average molecular weight is 285 g/mol. The lowest BCUT2D eigenvalue weighted by Gasteiger charge is -2.10. The predicted octanol–water partition coefficient (Wildman–Crippen LogP) is 2.42. The molecule has 0 aliphatic heterocycles. The van der Waals surface area contributed by atoms with E-state index < -0.39 is 11.7 Å². The van der Waals surface area contributed by atoms with Crippen molar-refractivity contribution in [2.75, 3.05) is 7.11 Å². The normalized spacial score (nSPS) is 11.7. The maximum Gasteiger partial charge on any atom is 0.416 e. The second kappa shape index (κ2) is 5.54. The van der Waals surface area contributed by atoms with Gasteiger partial charge in [-0.05, 0) is 17.7 Å². The molecule has 7 heteroatoms. The molecule has 1 aromatic carbocycles. The lowest BCUT2D eigenvalue weighted by atomic mass is 10.1. The van der Waals surface area contributed by atoms with E-state index in [1.807, 2.05) is 0 Å². The number of aromatic nitrogens is 2. The van der Waals surface area contributed by atoms with Crippen molar-refractivity contribution in [3.8, 4) is 5.88 Å². The van der Waals surface area contributed by atoms with Gasteiger partial charge in [-0.3, -0.25) is 0 Å². The van der Waals surface area contributed by atoms with Crippen LogP contribution in [0.25, 0.3) is 0 Å². The molecular weight excluding hydrogens is 271 g/mol. The van der Waals surface area contributed by atoms with Crippen LogP contribution in [-0.2, 0) is 19.3 Å². The first-order valence-corrected chi connectivity index (χ1v) is 5.90. The molecule has 0 fully saturated rings. The minimum Gasteiger partial charge on any atom is -0.481 e. The molecule has 108 valence electrons. The van der Waals surface area contributed by atoms with Crippen LogP contribution in [0.5, 0.6) is 5.88 Å². The van der Waals surface area contributed by atoms with Gasteiger partial charge in [0, 0.05) is 12.1 Å². The minimum atomic E-state index is -4.32. The first kappa shape index (κ1) is 14.4. The summed E-state index contributed by atoms with van der Waals surface area (Å²) in [7, 11) is 1.50. The van der Waals surface area contributed by atoms with Crippen LogP contribution in [-0.4, -0.2) is 16.9 Å². The summed E-state index contributed by atoms with van der Waals surface area (Å²) in [5.41, 5.74) is 6.32. The number of rotatable bonds is 4. The lowest BCUT2D eigenvalue weighted by molar-refractivity contribution is -0.137. The van der Waals surface area contributed by atoms with Gasteiger partial charge in [-0.2, -0.15) is 18.3 Å². The van der Waals surface area contributed by atoms with Crippen molar-refractivity contribution in [2.45, 2.75) is 19.3 Å². The summed E-state index contributed by atoms with van der Waals surface area (Å²) in [6, 6.07) is 4.95. The molecular formula is C13H14F3N3O. The summed E-state index contributed by atoms with van der Waals surface area (Å²) in [6.07, 6.45) is -2.74. The van der Waals surface area contributed by atoms with Gasteiger partial charge in [-0.1, -0.05) is 12.1 Å². The molecule has 0 bridgehead atoms. The van der Waals surface area contributed by atoms with Crippen LogP contribution in [0.3, 0.4) is 0 Å². The van der Waals surface area contributed by atoms with E-state index >= 15 is 0 Å². The van der Waals surface area contributed by atoms with Crippen molar-refractivity contribution in [3.05, 3.63) is 47.2 Å². The smallest absolute Gasteiger partial charge is 0.416 e. The quantitative estimate of drug-likeness (QED) is 0.938. The molecule has 0 saturated heterocycles. The second-order valence-electron chi connectivity index (χ2n) is 4.24. The molecule has 0 spiro atoms. The Bertz CT molecular complexity index is 576. The fourth-order valence-corrected chi connectivity index (χ4v) is 1.87. The van der Waals surface area contributed by atoms with Crippen LogP contribution < -0.4 is 10.5 Å². The Morgan fingerprint density at radius 3 is 2.40 bits per heavy atom. The zero-order chi connectivity index (χ0) is 14.8. The van der Waals surface area contributed by atoms with E-state index in [4.69, 9.17) is 10.5 Å². The zero-order valence-electron chi connectivity index (χ0n) is 10.8. The number of nitrogens with two attached hydrogens (primary N) is 1. The summed E-state index contributed by atoms with van der Waals surface area (Å²) >= 11 is 0. The minimum absolute atomic E-state index is 0.288. The number of ether oxygens (including phenoxy) is 1. The first-order chi connectivity index (χ1) is 9.45. The summed E-state index contributed by atoms with van der Waals surface area (Å²) in [5.74, 6) is 0.521. The number of hydrogen-bond acceptors (Lipinski definition) is 3. The third-order valence-corrected chi connectivity index (χ3v) is 2.89. The number of hydrogen-bond donors (Lipinski definition) is 1. The molecule has 0 aliphatic rings. The standard InChI is InChI=1S/C13H14F3N3O/c1-20-12-10(6-17)7-18-19(12)8-9-2-4-11(5-3-9)13(14,15)16/h2-5,7H,6,8,17H2,1H3. The van der Waals surface area contributed by atoms with Crippen molar-refractivity contribution in [1.82, 2.24) is 9.78 Å². The third kappa shape index (κ3) is 2.93. The maximum atomic E-state index is 12.5. The molecule has 0 saturated carbocycles. The maximum absolute atomic E-state index is 12.5. The van der Waals surface area contributed by atoms with E-state index in [2.05, 4.69) is 5.10 Å². The fourth-order valence-electron chi connectivity index (χ4n) is 1.87. The highest BCUT2D eigenvalue weighted by atomic mass is 19.4. The van der Waals surface area contributed by atoms with Crippen LogP contribution in [0.2, 0.25) is 0 Å². The van der Waals surface area contributed by atoms with Gasteiger partial charge in [-0.15, -0.1) is 0 Å². The highest BCUT2D eigenvalue weighted by Gasteiger charge is 2.29. The predicted molar refractivity (Wildman–Crippen MR) is 67.2 cm³/mol. The van der Waals surface area contributed by atoms with Crippen molar-refractivity contribution < 1.29 is 17.9 Å². The van der Waals surface area contributed by atoms with Crippen molar-refractivity contribution in [2.24, 2.45) is 5.73 Å². The summed E-state index contributed by atoms with van der Waals surface area (Å²) in [6.45, 7) is 0.609. The molecule has 1 heterocycles.